The average molecular weight is 481 g/mol. The van der Waals surface area contributed by atoms with Gasteiger partial charge in [0.25, 0.3) is 5.91 Å². The third-order valence-electron chi connectivity index (χ3n) is 7.16. The Morgan fingerprint density at radius 1 is 0.909 bits per heavy atom. The monoisotopic (exact) mass is 480 g/mol. The zero-order valence-corrected chi connectivity index (χ0v) is 20.3. The summed E-state index contributed by atoms with van der Waals surface area (Å²) in [6.45, 7) is 4.85. The Bertz CT molecular complexity index is 1070. The number of benzene rings is 2. The van der Waals surface area contributed by atoms with Crippen molar-refractivity contribution in [2.75, 3.05) is 26.2 Å². The number of likely N-dealkylation sites (tertiary alicyclic amines) is 2. The first-order valence-electron chi connectivity index (χ1n) is 11.7. The van der Waals surface area contributed by atoms with Crippen LogP contribution >= 0.6 is 22.9 Å². The summed E-state index contributed by atoms with van der Waals surface area (Å²) < 4.78 is 6.12. The number of hydrogen-bond acceptors (Lipinski definition) is 4. The Labute approximate surface area is 204 Å². The maximum absolute atomic E-state index is 12.8. The normalized spacial score (nSPS) is 18.4. The highest BCUT2D eigenvalue weighted by Crippen LogP contribution is 2.42. The van der Waals surface area contributed by atoms with Crippen LogP contribution in [-0.2, 0) is 6.54 Å². The summed E-state index contributed by atoms with van der Waals surface area (Å²) >= 11 is 7.74. The zero-order valence-electron chi connectivity index (χ0n) is 18.7. The van der Waals surface area contributed by atoms with Crippen molar-refractivity contribution in [3.63, 3.8) is 0 Å². The minimum absolute atomic E-state index is 0.127. The quantitative estimate of drug-likeness (QED) is 0.406. The Morgan fingerprint density at radius 2 is 1.58 bits per heavy atom. The van der Waals surface area contributed by atoms with Crippen molar-refractivity contribution in [3.05, 3.63) is 81.5 Å². The molecule has 4 nitrogen and oxygen atoms in total. The molecule has 172 valence electrons. The molecule has 1 aromatic heterocycles. The van der Waals surface area contributed by atoms with Crippen molar-refractivity contribution in [2.24, 2.45) is 5.41 Å². The van der Waals surface area contributed by atoms with Gasteiger partial charge in [-0.05, 0) is 92.0 Å². The minimum Gasteiger partial charge on any atom is -0.456 e. The van der Waals surface area contributed by atoms with Crippen LogP contribution in [0, 0.1) is 5.41 Å². The molecule has 2 aliphatic rings. The fourth-order valence-electron chi connectivity index (χ4n) is 5.00. The van der Waals surface area contributed by atoms with Gasteiger partial charge in [0.2, 0.25) is 0 Å². The van der Waals surface area contributed by atoms with Crippen molar-refractivity contribution in [2.45, 2.75) is 32.2 Å². The smallest absolute Gasteiger partial charge is 0.253 e. The minimum atomic E-state index is 0.127. The lowest BCUT2D eigenvalue weighted by Gasteiger charge is -2.47. The summed E-state index contributed by atoms with van der Waals surface area (Å²) in [5.74, 6) is 1.98. The molecule has 2 aliphatic heterocycles. The first kappa shape index (κ1) is 22.5. The topological polar surface area (TPSA) is 32.8 Å². The van der Waals surface area contributed by atoms with Crippen LogP contribution in [0.25, 0.3) is 0 Å². The third-order valence-corrected chi connectivity index (χ3v) is 8.30. The summed E-state index contributed by atoms with van der Waals surface area (Å²) in [7, 11) is 0. The first-order chi connectivity index (χ1) is 16.1. The average Bonchev–Trinajstić information content (AvgIpc) is 3.28. The van der Waals surface area contributed by atoms with Gasteiger partial charge in [-0.3, -0.25) is 9.69 Å². The number of halogens is 1. The fourth-order valence-corrected chi connectivity index (χ4v) is 5.96. The van der Waals surface area contributed by atoms with Crippen molar-refractivity contribution in [1.29, 1.82) is 0 Å². The summed E-state index contributed by atoms with van der Waals surface area (Å²) in [5, 5.41) is 2.78. The van der Waals surface area contributed by atoms with Crippen molar-refractivity contribution in [1.82, 2.24) is 9.80 Å². The van der Waals surface area contributed by atoms with Gasteiger partial charge in [0, 0.05) is 30.2 Å². The second-order valence-corrected chi connectivity index (χ2v) is 10.6. The van der Waals surface area contributed by atoms with Crippen LogP contribution in [0.5, 0.6) is 11.5 Å². The van der Waals surface area contributed by atoms with Crippen molar-refractivity contribution in [3.8, 4) is 11.5 Å². The number of rotatable bonds is 5. The van der Waals surface area contributed by atoms with Crippen LogP contribution < -0.4 is 4.74 Å². The molecule has 1 amide bonds. The predicted octanol–water partition coefficient (Wildman–Crippen LogP) is 6.71. The molecule has 0 bridgehead atoms. The molecular formula is C27H29ClN2O2S. The van der Waals surface area contributed by atoms with E-state index >= 15 is 0 Å². The number of carbonyl (C=O) groups excluding carboxylic acids is 1. The fraction of sp³-hybridized carbons (Fsp3) is 0.370. The van der Waals surface area contributed by atoms with E-state index in [1.54, 1.807) is 23.5 Å². The van der Waals surface area contributed by atoms with Gasteiger partial charge in [0.15, 0.2) is 0 Å². The third kappa shape index (κ3) is 5.26. The molecule has 3 aromatic rings. The van der Waals surface area contributed by atoms with Gasteiger partial charge in [0.1, 0.15) is 11.5 Å². The lowest BCUT2D eigenvalue weighted by molar-refractivity contribution is 0.0286. The Hall–Kier alpha value is -2.34. The molecule has 5 rings (SSSR count). The number of ether oxygens (including phenoxy) is 1. The number of para-hydroxylation sites is 1. The predicted molar refractivity (Wildman–Crippen MR) is 134 cm³/mol. The van der Waals surface area contributed by atoms with Crippen LogP contribution in [0.1, 0.15) is 40.9 Å². The van der Waals surface area contributed by atoms with E-state index < -0.39 is 0 Å². The summed E-state index contributed by atoms with van der Waals surface area (Å²) in [4.78, 5) is 18.7. The summed E-state index contributed by atoms with van der Waals surface area (Å²) in [6.07, 6.45) is 4.61. The lowest BCUT2D eigenvalue weighted by Crippen LogP contribution is -2.48. The molecule has 0 atom stereocenters. The lowest BCUT2D eigenvalue weighted by atomic mass is 9.71. The molecule has 33 heavy (non-hydrogen) atoms. The molecule has 2 aromatic carbocycles. The Morgan fingerprint density at radius 3 is 2.27 bits per heavy atom. The Balaban J connectivity index is 1.13. The van der Waals surface area contributed by atoms with Gasteiger partial charge in [-0.1, -0.05) is 29.8 Å². The highest BCUT2D eigenvalue weighted by molar-refractivity contribution is 7.10. The second-order valence-electron chi connectivity index (χ2n) is 9.20. The van der Waals surface area contributed by atoms with E-state index in [0.717, 1.165) is 62.6 Å². The van der Waals surface area contributed by atoms with E-state index in [-0.39, 0.29) is 5.91 Å². The van der Waals surface area contributed by atoms with E-state index in [1.807, 2.05) is 47.4 Å². The zero-order chi connectivity index (χ0) is 22.7. The molecule has 0 radical (unpaired) electrons. The van der Waals surface area contributed by atoms with E-state index in [2.05, 4.69) is 16.3 Å². The van der Waals surface area contributed by atoms with Gasteiger partial charge in [0.05, 0.1) is 4.88 Å². The second kappa shape index (κ2) is 9.88. The molecule has 3 heterocycles. The van der Waals surface area contributed by atoms with E-state index in [9.17, 15) is 4.79 Å². The van der Waals surface area contributed by atoms with Crippen molar-refractivity contribution >= 4 is 28.8 Å². The maximum Gasteiger partial charge on any atom is 0.253 e. The molecule has 0 aliphatic carbocycles. The standard InChI is InChI=1S/C27H29ClN2O2S/c28-22-8-6-21(7-9-22)26(31)30-17-13-27(14-18-30)11-15-29(16-12-27)20-25-24(10-19-33-25)32-23-4-2-1-3-5-23/h1-10,19H,11-18,20H2. The molecule has 0 saturated carbocycles. The van der Waals surface area contributed by atoms with Gasteiger partial charge in [-0.25, -0.2) is 0 Å². The van der Waals surface area contributed by atoms with E-state index in [4.69, 9.17) is 16.3 Å². The van der Waals surface area contributed by atoms with Gasteiger partial charge in [-0.2, -0.15) is 0 Å². The number of piperidine rings is 2. The molecule has 0 unspecified atom stereocenters. The number of hydrogen-bond donors (Lipinski definition) is 0. The van der Waals surface area contributed by atoms with E-state index in [0.29, 0.717) is 10.4 Å². The van der Waals surface area contributed by atoms with Gasteiger partial charge >= 0.3 is 0 Å². The number of amides is 1. The maximum atomic E-state index is 12.8. The molecule has 6 heteroatoms. The van der Waals surface area contributed by atoms with Crippen LogP contribution in [0.2, 0.25) is 5.02 Å². The Kier molecular flexibility index (Phi) is 6.72. The molecule has 0 N–H and O–H groups in total. The van der Waals surface area contributed by atoms with E-state index in [1.165, 1.54) is 17.7 Å². The largest absolute Gasteiger partial charge is 0.456 e. The van der Waals surface area contributed by atoms with Gasteiger partial charge in [-0.15, -0.1) is 11.3 Å². The first-order valence-corrected chi connectivity index (χ1v) is 12.9. The molecular weight excluding hydrogens is 452 g/mol. The van der Waals surface area contributed by atoms with Crippen LogP contribution in [0.15, 0.2) is 66.0 Å². The summed E-state index contributed by atoms with van der Waals surface area (Å²) in [6, 6.07) is 19.3. The van der Waals surface area contributed by atoms with Crippen LogP contribution in [-0.4, -0.2) is 41.9 Å². The molecule has 2 saturated heterocycles. The SMILES string of the molecule is O=C(c1ccc(Cl)cc1)N1CCC2(CCN(Cc3sccc3Oc3ccccc3)CC2)CC1. The number of nitrogens with zero attached hydrogens (tertiary/aromatic N) is 2. The molecule has 1 spiro atoms. The number of carbonyl (C=O) groups is 1. The summed E-state index contributed by atoms with van der Waals surface area (Å²) in [5.41, 5.74) is 1.11. The highest BCUT2D eigenvalue weighted by Gasteiger charge is 2.38. The van der Waals surface area contributed by atoms with Crippen LogP contribution in [0.4, 0.5) is 0 Å². The highest BCUT2D eigenvalue weighted by atomic mass is 35.5. The van der Waals surface area contributed by atoms with Gasteiger partial charge < -0.3 is 9.64 Å². The molecule has 2 fully saturated rings. The number of thiophene rings is 1. The van der Waals surface area contributed by atoms with Crippen LogP contribution in [0.3, 0.4) is 0 Å². The van der Waals surface area contributed by atoms with Crippen molar-refractivity contribution < 1.29 is 9.53 Å².